The molecule has 0 fully saturated rings. The number of nitrogens with two attached hydrogens (primary N) is 1. The number of rotatable bonds is 2. The average Bonchev–Trinajstić information content (AvgIpc) is 2.92. The normalized spacial score (nSPS) is 22.9. The third-order valence-corrected chi connectivity index (χ3v) is 3.26. The van der Waals surface area contributed by atoms with E-state index < -0.39 is 11.6 Å². The lowest BCUT2D eigenvalue weighted by Gasteiger charge is -2.13. The Morgan fingerprint density at radius 3 is 3.11 bits per heavy atom. The van der Waals surface area contributed by atoms with Gasteiger partial charge in [0.25, 0.3) is 5.56 Å². The van der Waals surface area contributed by atoms with Crippen LogP contribution in [0.5, 0.6) is 0 Å². The highest BCUT2D eigenvalue weighted by atomic mass is 19.1. The number of nitrogens with zero attached hydrogens (tertiary/aromatic N) is 3. The summed E-state index contributed by atoms with van der Waals surface area (Å²) in [5.74, 6) is -0.638. The highest BCUT2D eigenvalue weighted by Gasteiger charge is 2.29. The third-order valence-electron chi connectivity index (χ3n) is 3.26. The minimum Gasteiger partial charge on any atom is -0.396 e. The first-order valence-corrected chi connectivity index (χ1v) is 5.80. The average molecular weight is 265 g/mol. The maximum absolute atomic E-state index is 13.9. The first kappa shape index (κ1) is 11.8. The molecule has 0 aromatic carbocycles. The van der Waals surface area contributed by atoms with Crippen molar-refractivity contribution in [3.8, 4) is 0 Å². The van der Waals surface area contributed by atoms with E-state index in [9.17, 15) is 9.18 Å². The van der Waals surface area contributed by atoms with Crippen LogP contribution in [0.15, 0.2) is 23.0 Å². The molecule has 2 heterocycles. The van der Waals surface area contributed by atoms with Gasteiger partial charge < -0.3 is 15.4 Å². The number of imidazole rings is 1. The van der Waals surface area contributed by atoms with Crippen LogP contribution in [0.4, 0.5) is 10.3 Å². The number of halogens is 1. The summed E-state index contributed by atoms with van der Waals surface area (Å²) in [6.45, 7) is -0.118. The SMILES string of the molecule is Nc1nc2c(ncn2[C@@H]2C[C@H](CO)C=C2F)c(=O)[nH]1. The van der Waals surface area contributed by atoms with Crippen molar-refractivity contribution in [3.63, 3.8) is 0 Å². The molecule has 100 valence electrons. The number of fused-ring (bicyclic) bond motifs is 1. The van der Waals surface area contributed by atoms with Gasteiger partial charge in [-0.05, 0) is 12.5 Å². The number of nitrogens with one attached hydrogen (secondary N) is 1. The molecular weight excluding hydrogens is 253 g/mol. The predicted octanol–water partition coefficient (Wildman–Crippen LogP) is 0.108. The molecule has 3 rings (SSSR count). The van der Waals surface area contributed by atoms with Gasteiger partial charge in [0.2, 0.25) is 5.95 Å². The van der Waals surface area contributed by atoms with Crippen molar-refractivity contribution in [3.05, 3.63) is 28.6 Å². The van der Waals surface area contributed by atoms with Crippen molar-refractivity contribution < 1.29 is 9.50 Å². The summed E-state index contributed by atoms with van der Waals surface area (Å²) in [7, 11) is 0. The molecule has 19 heavy (non-hydrogen) atoms. The summed E-state index contributed by atoms with van der Waals surface area (Å²) in [5, 5.41) is 9.07. The van der Waals surface area contributed by atoms with Crippen molar-refractivity contribution in [1.82, 2.24) is 19.5 Å². The Balaban J connectivity index is 2.12. The zero-order valence-electron chi connectivity index (χ0n) is 9.88. The summed E-state index contributed by atoms with van der Waals surface area (Å²) >= 11 is 0. The van der Waals surface area contributed by atoms with Crippen molar-refractivity contribution >= 4 is 17.1 Å². The summed E-state index contributed by atoms with van der Waals surface area (Å²) in [5.41, 5.74) is 5.39. The van der Waals surface area contributed by atoms with Gasteiger partial charge in [-0.2, -0.15) is 4.98 Å². The Morgan fingerprint density at radius 1 is 1.63 bits per heavy atom. The van der Waals surface area contributed by atoms with Crippen molar-refractivity contribution in [2.24, 2.45) is 5.92 Å². The van der Waals surface area contributed by atoms with E-state index in [2.05, 4.69) is 15.0 Å². The second kappa shape index (κ2) is 4.16. The van der Waals surface area contributed by atoms with Gasteiger partial charge in [-0.3, -0.25) is 9.78 Å². The number of nitrogen functional groups attached to an aromatic ring is 1. The number of aromatic nitrogens is 4. The van der Waals surface area contributed by atoms with E-state index >= 15 is 0 Å². The van der Waals surface area contributed by atoms with Gasteiger partial charge in [0.15, 0.2) is 11.2 Å². The predicted molar refractivity (Wildman–Crippen MR) is 66.0 cm³/mol. The summed E-state index contributed by atoms with van der Waals surface area (Å²) in [6.07, 6.45) is 3.15. The number of aliphatic hydroxyl groups excluding tert-OH is 1. The van der Waals surface area contributed by atoms with Gasteiger partial charge >= 0.3 is 0 Å². The van der Waals surface area contributed by atoms with Crippen LogP contribution in [0.25, 0.3) is 11.2 Å². The van der Waals surface area contributed by atoms with E-state index in [4.69, 9.17) is 10.8 Å². The second-order valence-corrected chi connectivity index (χ2v) is 4.52. The molecule has 8 heteroatoms. The largest absolute Gasteiger partial charge is 0.396 e. The highest BCUT2D eigenvalue weighted by Crippen LogP contribution is 2.36. The maximum Gasteiger partial charge on any atom is 0.280 e. The lowest BCUT2D eigenvalue weighted by atomic mass is 10.1. The Morgan fingerprint density at radius 2 is 2.42 bits per heavy atom. The van der Waals surface area contributed by atoms with Crippen LogP contribution in [-0.4, -0.2) is 31.2 Å². The molecule has 1 aliphatic carbocycles. The van der Waals surface area contributed by atoms with Crippen molar-refractivity contribution in [1.29, 1.82) is 0 Å². The number of hydrogen-bond acceptors (Lipinski definition) is 5. The summed E-state index contributed by atoms with van der Waals surface area (Å²) in [4.78, 5) is 21.9. The van der Waals surface area contributed by atoms with Crippen LogP contribution in [0.2, 0.25) is 0 Å². The zero-order valence-corrected chi connectivity index (χ0v) is 9.88. The van der Waals surface area contributed by atoms with E-state index in [1.165, 1.54) is 17.0 Å². The molecule has 2 aromatic heterocycles. The Labute approximate surface area is 106 Å². The van der Waals surface area contributed by atoms with E-state index in [1.807, 2.05) is 0 Å². The lowest BCUT2D eigenvalue weighted by molar-refractivity contribution is 0.243. The molecular formula is C11H12FN5O2. The maximum atomic E-state index is 13.9. The van der Waals surface area contributed by atoms with Crippen LogP contribution >= 0.6 is 0 Å². The molecule has 0 aliphatic heterocycles. The monoisotopic (exact) mass is 265 g/mol. The molecule has 0 spiro atoms. The number of aliphatic hydroxyl groups is 1. The molecule has 2 atom stereocenters. The smallest absolute Gasteiger partial charge is 0.280 e. The van der Waals surface area contributed by atoms with Crippen LogP contribution in [0.1, 0.15) is 12.5 Å². The molecule has 4 N–H and O–H groups in total. The van der Waals surface area contributed by atoms with Crippen LogP contribution < -0.4 is 11.3 Å². The van der Waals surface area contributed by atoms with Crippen LogP contribution in [0, 0.1) is 5.92 Å². The van der Waals surface area contributed by atoms with Gasteiger partial charge in [-0.1, -0.05) is 0 Å². The van der Waals surface area contributed by atoms with E-state index in [-0.39, 0.29) is 35.5 Å². The standard InChI is InChI=1S/C11H12FN5O2/c12-6-1-5(3-18)2-7(6)17-4-14-8-9(17)15-11(13)16-10(8)19/h1,4-5,7,18H,2-3H2,(H3,13,15,16,19)/t5-,7-/m1/s1. The lowest BCUT2D eigenvalue weighted by Crippen LogP contribution is -2.14. The Hall–Kier alpha value is -2.22. The molecule has 0 amide bonds. The number of anilines is 1. The minimum atomic E-state index is -0.601. The first-order chi connectivity index (χ1) is 9.10. The second-order valence-electron chi connectivity index (χ2n) is 4.52. The fourth-order valence-electron chi connectivity index (χ4n) is 2.35. The summed E-state index contributed by atoms with van der Waals surface area (Å²) in [6, 6.07) is -0.601. The van der Waals surface area contributed by atoms with E-state index in [0.717, 1.165) is 0 Å². The number of H-pyrrole nitrogens is 1. The van der Waals surface area contributed by atoms with Gasteiger partial charge in [-0.15, -0.1) is 0 Å². The quantitative estimate of drug-likeness (QED) is 0.713. The molecule has 7 nitrogen and oxygen atoms in total. The number of allylic oxidation sites excluding steroid dienone is 1. The van der Waals surface area contributed by atoms with Gasteiger partial charge in [0, 0.05) is 12.5 Å². The Bertz CT molecular complexity index is 719. The highest BCUT2D eigenvalue weighted by molar-refractivity contribution is 5.70. The zero-order chi connectivity index (χ0) is 13.6. The molecule has 1 aliphatic rings. The minimum absolute atomic E-state index is 0.0413. The van der Waals surface area contributed by atoms with Crippen LogP contribution in [-0.2, 0) is 0 Å². The molecule has 0 unspecified atom stereocenters. The van der Waals surface area contributed by atoms with Gasteiger partial charge in [-0.25, -0.2) is 9.37 Å². The topological polar surface area (TPSA) is 110 Å². The number of aromatic amines is 1. The van der Waals surface area contributed by atoms with Gasteiger partial charge in [0.05, 0.1) is 12.4 Å². The molecule has 0 saturated heterocycles. The van der Waals surface area contributed by atoms with Crippen LogP contribution in [0.3, 0.4) is 0 Å². The van der Waals surface area contributed by atoms with E-state index in [0.29, 0.717) is 6.42 Å². The number of hydrogen-bond donors (Lipinski definition) is 3. The Kier molecular flexibility index (Phi) is 2.59. The molecule has 0 bridgehead atoms. The van der Waals surface area contributed by atoms with Gasteiger partial charge in [0.1, 0.15) is 5.83 Å². The van der Waals surface area contributed by atoms with E-state index in [1.54, 1.807) is 0 Å². The fourth-order valence-corrected chi connectivity index (χ4v) is 2.35. The first-order valence-electron chi connectivity index (χ1n) is 5.80. The van der Waals surface area contributed by atoms with Crippen molar-refractivity contribution in [2.45, 2.75) is 12.5 Å². The molecule has 0 saturated carbocycles. The molecule has 0 radical (unpaired) electrons. The summed E-state index contributed by atoms with van der Waals surface area (Å²) < 4.78 is 15.3. The fraction of sp³-hybridized carbons (Fsp3) is 0.364. The van der Waals surface area contributed by atoms with Crippen molar-refractivity contribution in [2.75, 3.05) is 12.3 Å². The third kappa shape index (κ3) is 1.80. The molecule has 2 aromatic rings.